The molecule has 2 aromatic carbocycles. The molecule has 0 unspecified atom stereocenters. The van der Waals surface area contributed by atoms with Gasteiger partial charge in [0.1, 0.15) is 11.3 Å². The van der Waals surface area contributed by atoms with Gasteiger partial charge in [-0.1, -0.05) is 24.3 Å². The standard InChI is InChI=1S/C24H29N5O2/c1-16-13-18(7-10-21(16)29-11-3-2-4-12-29)14-20-22(23(25)31)24(28-27-20)26-15-17-5-8-19(30)9-6-17/h5-10,13,30H,2-4,11-12,14-15H2,1H3,(H2,25,31)(H2,26,27,28). The number of nitrogens with zero attached hydrogens (tertiary/aromatic N) is 2. The average Bonchev–Trinajstić information content (AvgIpc) is 3.17. The van der Waals surface area contributed by atoms with Crippen LogP contribution in [0.5, 0.6) is 5.75 Å². The van der Waals surface area contributed by atoms with Crippen LogP contribution in [0.15, 0.2) is 42.5 Å². The Hall–Kier alpha value is -3.48. The fourth-order valence-corrected chi connectivity index (χ4v) is 4.22. The molecule has 162 valence electrons. The normalized spacial score (nSPS) is 13.9. The topological polar surface area (TPSA) is 107 Å². The number of hydrogen-bond donors (Lipinski definition) is 4. The first kappa shape index (κ1) is 20.8. The molecule has 0 bridgehead atoms. The van der Waals surface area contributed by atoms with Crippen LogP contribution in [0.4, 0.5) is 11.5 Å². The lowest BCUT2D eigenvalue weighted by Gasteiger charge is -2.30. The van der Waals surface area contributed by atoms with Crippen LogP contribution < -0.4 is 16.0 Å². The molecule has 2 heterocycles. The third kappa shape index (κ3) is 4.82. The number of amides is 1. The molecule has 1 amide bonds. The minimum atomic E-state index is -0.515. The molecule has 1 fully saturated rings. The number of piperidine rings is 1. The smallest absolute Gasteiger partial charge is 0.254 e. The van der Waals surface area contributed by atoms with Crippen LogP contribution in [0, 0.1) is 6.92 Å². The van der Waals surface area contributed by atoms with Crippen LogP contribution >= 0.6 is 0 Å². The fraction of sp³-hybridized carbons (Fsp3) is 0.333. The summed E-state index contributed by atoms with van der Waals surface area (Å²) in [6.45, 7) is 4.83. The number of rotatable bonds is 7. The number of aryl methyl sites for hydroxylation is 1. The summed E-state index contributed by atoms with van der Waals surface area (Å²) in [7, 11) is 0. The second-order valence-corrected chi connectivity index (χ2v) is 8.16. The summed E-state index contributed by atoms with van der Waals surface area (Å²) in [6, 6.07) is 13.3. The highest BCUT2D eigenvalue weighted by atomic mass is 16.3. The minimum absolute atomic E-state index is 0.213. The number of nitrogens with one attached hydrogen (secondary N) is 2. The first-order valence-corrected chi connectivity index (χ1v) is 10.7. The van der Waals surface area contributed by atoms with E-state index in [-0.39, 0.29) is 5.75 Å². The zero-order valence-electron chi connectivity index (χ0n) is 17.8. The average molecular weight is 420 g/mol. The number of carbonyl (C=O) groups excluding carboxylic acids is 1. The highest BCUT2D eigenvalue weighted by Gasteiger charge is 2.19. The summed E-state index contributed by atoms with van der Waals surface area (Å²) in [4.78, 5) is 14.6. The van der Waals surface area contributed by atoms with E-state index in [4.69, 9.17) is 5.73 Å². The Labute approximate surface area is 182 Å². The summed E-state index contributed by atoms with van der Waals surface area (Å²) in [6.07, 6.45) is 4.36. The van der Waals surface area contributed by atoms with E-state index in [1.165, 1.54) is 30.5 Å². The fourth-order valence-electron chi connectivity index (χ4n) is 4.22. The molecule has 0 atom stereocenters. The molecular weight excluding hydrogens is 390 g/mol. The zero-order chi connectivity index (χ0) is 21.8. The van der Waals surface area contributed by atoms with Crippen molar-refractivity contribution in [2.75, 3.05) is 23.3 Å². The molecule has 1 aliphatic rings. The molecule has 1 aromatic heterocycles. The lowest BCUT2D eigenvalue weighted by molar-refractivity contribution is 0.100. The predicted molar refractivity (Wildman–Crippen MR) is 123 cm³/mol. The van der Waals surface area contributed by atoms with Crippen molar-refractivity contribution in [3.8, 4) is 5.75 Å². The van der Waals surface area contributed by atoms with Gasteiger partial charge in [-0.25, -0.2) is 0 Å². The van der Waals surface area contributed by atoms with E-state index >= 15 is 0 Å². The SMILES string of the molecule is Cc1cc(Cc2[nH]nc(NCc3ccc(O)cc3)c2C(N)=O)ccc1N1CCCCC1. The highest BCUT2D eigenvalue weighted by molar-refractivity contribution is 5.99. The number of H-pyrrole nitrogens is 1. The number of phenols is 1. The molecule has 0 aliphatic carbocycles. The Morgan fingerprint density at radius 2 is 1.84 bits per heavy atom. The van der Waals surface area contributed by atoms with Crippen molar-refractivity contribution >= 4 is 17.4 Å². The highest BCUT2D eigenvalue weighted by Crippen LogP contribution is 2.27. The Morgan fingerprint density at radius 3 is 2.52 bits per heavy atom. The maximum Gasteiger partial charge on any atom is 0.254 e. The third-order valence-electron chi connectivity index (χ3n) is 5.82. The number of hydrogen-bond acceptors (Lipinski definition) is 5. The van der Waals surface area contributed by atoms with E-state index in [1.807, 2.05) is 12.1 Å². The second-order valence-electron chi connectivity index (χ2n) is 8.16. The van der Waals surface area contributed by atoms with E-state index in [0.717, 1.165) is 24.2 Å². The van der Waals surface area contributed by atoms with Gasteiger partial charge < -0.3 is 21.1 Å². The monoisotopic (exact) mass is 419 g/mol. The van der Waals surface area contributed by atoms with Crippen molar-refractivity contribution in [3.63, 3.8) is 0 Å². The molecule has 5 N–H and O–H groups in total. The maximum absolute atomic E-state index is 12.2. The van der Waals surface area contributed by atoms with Crippen LogP contribution in [0.25, 0.3) is 0 Å². The number of nitrogens with two attached hydrogens (primary N) is 1. The lowest BCUT2D eigenvalue weighted by Crippen LogP contribution is -2.29. The molecule has 1 saturated heterocycles. The van der Waals surface area contributed by atoms with Gasteiger partial charge in [-0.15, -0.1) is 0 Å². The largest absolute Gasteiger partial charge is 0.508 e. The van der Waals surface area contributed by atoms with Gasteiger partial charge in [-0.05, 0) is 61.1 Å². The molecule has 0 spiro atoms. The van der Waals surface area contributed by atoms with E-state index < -0.39 is 5.91 Å². The number of anilines is 2. The van der Waals surface area contributed by atoms with Crippen LogP contribution in [-0.4, -0.2) is 34.3 Å². The Bertz CT molecular complexity index is 1050. The molecule has 4 rings (SSSR count). The van der Waals surface area contributed by atoms with Gasteiger partial charge >= 0.3 is 0 Å². The van der Waals surface area contributed by atoms with Crippen LogP contribution in [0.3, 0.4) is 0 Å². The van der Waals surface area contributed by atoms with Gasteiger partial charge in [0.2, 0.25) is 0 Å². The summed E-state index contributed by atoms with van der Waals surface area (Å²) in [5, 5.41) is 19.8. The lowest BCUT2D eigenvalue weighted by atomic mass is 10.0. The quantitative estimate of drug-likeness (QED) is 0.467. The molecule has 0 saturated carbocycles. The maximum atomic E-state index is 12.2. The van der Waals surface area contributed by atoms with Gasteiger partial charge in [0.15, 0.2) is 5.82 Å². The number of aromatic amines is 1. The summed E-state index contributed by atoms with van der Waals surface area (Å²) in [5.74, 6) is 0.140. The van der Waals surface area contributed by atoms with Crippen LogP contribution in [-0.2, 0) is 13.0 Å². The summed E-state index contributed by atoms with van der Waals surface area (Å²) in [5.41, 5.74) is 11.4. The van der Waals surface area contributed by atoms with E-state index in [9.17, 15) is 9.90 Å². The molecule has 31 heavy (non-hydrogen) atoms. The van der Waals surface area contributed by atoms with Gasteiger partial charge in [0, 0.05) is 31.7 Å². The van der Waals surface area contributed by atoms with Gasteiger partial charge in [0.05, 0.1) is 5.69 Å². The molecule has 0 radical (unpaired) electrons. The first-order chi connectivity index (χ1) is 15.0. The number of aromatic hydroxyl groups is 1. The number of phenolic OH excluding ortho intramolecular Hbond substituents is 1. The minimum Gasteiger partial charge on any atom is -0.508 e. The van der Waals surface area contributed by atoms with Crippen molar-refractivity contribution in [1.29, 1.82) is 0 Å². The van der Waals surface area contributed by atoms with Crippen molar-refractivity contribution < 1.29 is 9.90 Å². The molecular formula is C24H29N5O2. The van der Waals surface area contributed by atoms with Crippen molar-refractivity contribution in [2.24, 2.45) is 5.73 Å². The van der Waals surface area contributed by atoms with Crippen LogP contribution in [0.2, 0.25) is 0 Å². The Morgan fingerprint density at radius 1 is 1.13 bits per heavy atom. The summed E-state index contributed by atoms with van der Waals surface area (Å²) >= 11 is 0. The van der Waals surface area contributed by atoms with Gasteiger partial charge in [-0.3, -0.25) is 9.89 Å². The third-order valence-corrected chi connectivity index (χ3v) is 5.82. The molecule has 3 aromatic rings. The molecule has 7 nitrogen and oxygen atoms in total. The summed E-state index contributed by atoms with van der Waals surface area (Å²) < 4.78 is 0. The van der Waals surface area contributed by atoms with Crippen LogP contribution in [0.1, 0.15) is 52.0 Å². The van der Waals surface area contributed by atoms with E-state index in [1.54, 1.807) is 12.1 Å². The Balaban J connectivity index is 1.49. The number of aromatic nitrogens is 2. The zero-order valence-corrected chi connectivity index (χ0v) is 17.8. The number of benzene rings is 2. The Kier molecular flexibility index (Phi) is 6.11. The van der Waals surface area contributed by atoms with Crippen molar-refractivity contribution in [2.45, 2.75) is 39.2 Å². The first-order valence-electron chi connectivity index (χ1n) is 10.7. The van der Waals surface area contributed by atoms with Gasteiger partial charge in [0.25, 0.3) is 5.91 Å². The van der Waals surface area contributed by atoms with Crippen molar-refractivity contribution in [1.82, 2.24) is 10.2 Å². The predicted octanol–water partition coefficient (Wildman–Crippen LogP) is 3.72. The molecule has 7 heteroatoms. The number of primary amides is 1. The van der Waals surface area contributed by atoms with E-state index in [2.05, 4.69) is 45.5 Å². The van der Waals surface area contributed by atoms with Gasteiger partial charge in [-0.2, -0.15) is 5.10 Å². The van der Waals surface area contributed by atoms with E-state index in [0.29, 0.717) is 30.0 Å². The molecule has 1 aliphatic heterocycles. The second kappa shape index (κ2) is 9.12. The van der Waals surface area contributed by atoms with Crippen molar-refractivity contribution in [3.05, 3.63) is 70.4 Å². The number of carbonyl (C=O) groups is 1.